The van der Waals surface area contributed by atoms with Crippen molar-refractivity contribution < 1.29 is 9.53 Å². The molecule has 0 aromatic heterocycles. The van der Waals surface area contributed by atoms with E-state index in [4.69, 9.17) is 4.74 Å². The highest BCUT2D eigenvalue weighted by molar-refractivity contribution is 7.99. The average Bonchev–Trinajstić information content (AvgIpc) is 3.09. The number of rotatable bonds is 8. The Hall–Kier alpha value is -1.16. The normalized spacial score (nSPS) is 16.6. The monoisotopic (exact) mass is 363 g/mol. The Morgan fingerprint density at radius 1 is 1.24 bits per heavy atom. The van der Waals surface area contributed by atoms with Gasteiger partial charge >= 0.3 is 0 Å². The summed E-state index contributed by atoms with van der Waals surface area (Å²) in [6, 6.07) is 8.09. The number of thioether (sulfide) groups is 1. The first-order valence-electron chi connectivity index (χ1n) is 9.56. The van der Waals surface area contributed by atoms with Crippen LogP contribution in [-0.2, 0) is 10.2 Å². The van der Waals surface area contributed by atoms with E-state index in [1.54, 1.807) is 0 Å². The van der Waals surface area contributed by atoms with Gasteiger partial charge in [0.1, 0.15) is 5.75 Å². The lowest BCUT2D eigenvalue weighted by molar-refractivity contribution is -0.127. The van der Waals surface area contributed by atoms with Crippen molar-refractivity contribution >= 4 is 17.7 Å². The number of nitrogens with one attached hydrogen (secondary N) is 1. The standard InChI is InChI=1S/C21H33NO2S/c1-5-19(20(23)22-14-15-25-18-8-6-7-9-18)24-17-12-10-16(11-13-17)21(2,3)4/h10-13,18-19H,5-9,14-15H2,1-4H3,(H,22,23)/t19-/m1/s1. The van der Waals surface area contributed by atoms with Crippen molar-refractivity contribution in [1.29, 1.82) is 0 Å². The highest BCUT2D eigenvalue weighted by Gasteiger charge is 2.19. The summed E-state index contributed by atoms with van der Waals surface area (Å²) in [6.07, 6.45) is 5.65. The summed E-state index contributed by atoms with van der Waals surface area (Å²) in [7, 11) is 0. The zero-order chi connectivity index (χ0) is 18.3. The quantitative estimate of drug-likeness (QED) is 0.665. The largest absolute Gasteiger partial charge is 0.481 e. The first-order chi connectivity index (χ1) is 11.9. The molecule has 4 heteroatoms. The number of hydrogen-bond donors (Lipinski definition) is 1. The molecule has 0 saturated heterocycles. The average molecular weight is 364 g/mol. The minimum atomic E-state index is -0.419. The van der Waals surface area contributed by atoms with Gasteiger partial charge in [-0.3, -0.25) is 4.79 Å². The molecule has 1 atom stereocenters. The van der Waals surface area contributed by atoms with Gasteiger partial charge in [-0.2, -0.15) is 11.8 Å². The molecule has 1 aromatic carbocycles. The molecule has 0 bridgehead atoms. The van der Waals surface area contributed by atoms with Gasteiger partial charge in [-0.25, -0.2) is 0 Å². The van der Waals surface area contributed by atoms with Gasteiger partial charge in [0.15, 0.2) is 6.10 Å². The third kappa shape index (κ3) is 6.58. The van der Waals surface area contributed by atoms with Gasteiger partial charge in [-0.1, -0.05) is 52.7 Å². The fourth-order valence-corrected chi connectivity index (χ4v) is 4.31. The molecule has 3 nitrogen and oxygen atoms in total. The van der Waals surface area contributed by atoms with E-state index in [0.29, 0.717) is 6.42 Å². The van der Waals surface area contributed by atoms with Crippen LogP contribution in [0.2, 0.25) is 0 Å². The predicted molar refractivity (Wildman–Crippen MR) is 108 cm³/mol. The number of benzene rings is 1. The Morgan fingerprint density at radius 2 is 1.88 bits per heavy atom. The van der Waals surface area contributed by atoms with Crippen molar-refractivity contribution in [2.24, 2.45) is 0 Å². The molecule has 1 fully saturated rings. The summed E-state index contributed by atoms with van der Waals surface area (Å²) in [6.45, 7) is 9.28. The SMILES string of the molecule is CC[C@@H](Oc1ccc(C(C)(C)C)cc1)C(=O)NCCSC1CCCC1. The van der Waals surface area contributed by atoms with E-state index in [0.717, 1.165) is 23.3 Å². The van der Waals surface area contributed by atoms with Crippen LogP contribution in [-0.4, -0.2) is 29.6 Å². The smallest absolute Gasteiger partial charge is 0.261 e. The zero-order valence-electron chi connectivity index (χ0n) is 16.1. The van der Waals surface area contributed by atoms with Crippen LogP contribution in [0.25, 0.3) is 0 Å². The Morgan fingerprint density at radius 3 is 2.44 bits per heavy atom. The van der Waals surface area contributed by atoms with Crippen molar-refractivity contribution in [2.75, 3.05) is 12.3 Å². The lowest BCUT2D eigenvalue weighted by Crippen LogP contribution is -2.39. The third-order valence-corrected chi connectivity index (χ3v) is 6.10. The van der Waals surface area contributed by atoms with Crippen molar-refractivity contribution in [3.05, 3.63) is 29.8 Å². The van der Waals surface area contributed by atoms with Gasteiger partial charge in [-0.15, -0.1) is 0 Å². The van der Waals surface area contributed by atoms with Gasteiger partial charge in [0.2, 0.25) is 0 Å². The topological polar surface area (TPSA) is 38.3 Å². The summed E-state index contributed by atoms with van der Waals surface area (Å²) in [5.74, 6) is 1.75. The highest BCUT2D eigenvalue weighted by atomic mass is 32.2. The van der Waals surface area contributed by atoms with Crippen LogP contribution < -0.4 is 10.1 Å². The maximum absolute atomic E-state index is 12.4. The summed E-state index contributed by atoms with van der Waals surface area (Å²) >= 11 is 2.00. The second kappa shape index (κ2) is 9.51. The molecule has 1 aliphatic rings. The molecule has 140 valence electrons. The number of hydrogen-bond acceptors (Lipinski definition) is 3. The molecule has 1 N–H and O–H groups in total. The molecular weight excluding hydrogens is 330 g/mol. The fourth-order valence-electron chi connectivity index (χ4n) is 3.09. The second-order valence-corrected chi connectivity index (χ2v) is 9.27. The van der Waals surface area contributed by atoms with E-state index in [1.165, 1.54) is 31.2 Å². The number of ether oxygens (including phenoxy) is 1. The first-order valence-corrected chi connectivity index (χ1v) is 10.6. The fraction of sp³-hybridized carbons (Fsp3) is 0.667. The summed E-state index contributed by atoms with van der Waals surface area (Å²) in [4.78, 5) is 12.4. The summed E-state index contributed by atoms with van der Waals surface area (Å²) < 4.78 is 5.90. The van der Waals surface area contributed by atoms with Gasteiger partial charge < -0.3 is 10.1 Å². The molecule has 2 rings (SSSR count). The summed E-state index contributed by atoms with van der Waals surface area (Å²) in [5, 5.41) is 3.83. The van der Waals surface area contributed by atoms with Crippen molar-refractivity contribution in [1.82, 2.24) is 5.32 Å². The zero-order valence-corrected chi connectivity index (χ0v) is 17.0. The third-order valence-electron chi connectivity index (χ3n) is 4.72. The molecule has 0 spiro atoms. The molecule has 0 aliphatic heterocycles. The van der Waals surface area contributed by atoms with Crippen LogP contribution in [0, 0.1) is 0 Å². The first kappa shape index (κ1) is 20.2. The Kier molecular flexibility index (Phi) is 7.67. The van der Waals surface area contributed by atoms with E-state index in [2.05, 4.69) is 38.2 Å². The van der Waals surface area contributed by atoms with E-state index in [1.807, 2.05) is 30.8 Å². The lowest BCUT2D eigenvalue weighted by atomic mass is 9.87. The Bertz CT molecular complexity index is 530. The highest BCUT2D eigenvalue weighted by Crippen LogP contribution is 2.29. The van der Waals surface area contributed by atoms with E-state index < -0.39 is 6.10 Å². The molecule has 0 unspecified atom stereocenters. The van der Waals surface area contributed by atoms with Crippen molar-refractivity contribution in [3.63, 3.8) is 0 Å². The van der Waals surface area contributed by atoms with Crippen LogP contribution in [0.4, 0.5) is 0 Å². The molecule has 1 saturated carbocycles. The maximum atomic E-state index is 12.4. The number of carbonyl (C=O) groups excluding carboxylic acids is 1. The molecule has 0 heterocycles. The Labute approximate surface area is 157 Å². The van der Waals surface area contributed by atoms with Crippen LogP contribution in [0.5, 0.6) is 5.75 Å². The van der Waals surface area contributed by atoms with Gasteiger partial charge in [0.05, 0.1) is 0 Å². The van der Waals surface area contributed by atoms with Crippen molar-refractivity contribution in [2.45, 2.75) is 76.6 Å². The lowest BCUT2D eigenvalue weighted by Gasteiger charge is -2.21. The predicted octanol–water partition coefficient (Wildman–Crippen LogP) is 4.93. The van der Waals surface area contributed by atoms with E-state index in [-0.39, 0.29) is 11.3 Å². The molecule has 1 amide bonds. The molecule has 0 radical (unpaired) electrons. The summed E-state index contributed by atoms with van der Waals surface area (Å²) in [5.41, 5.74) is 1.39. The van der Waals surface area contributed by atoms with Crippen molar-refractivity contribution in [3.8, 4) is 5.75 Å². The molecule has 1 aromatic rings. The Balaban J connectivity index is 1.77. The molecular formula is C21H33NO2S. The van der Waals surface area contributed by atoms with E-state index >= 15 is 0 Å². The van der Waals surface area contributed by atoms with Gasteiger partial charge in [0, 0.05) is 17.5 Å². The van der Waals surface area contributed by atoms with Gasteiger partial charge in [-0.05, 0) is 42.4 Å². The second-order valence-electron chi connectivity index (χ2n) is 7.86. The van der Waals surface area contributed by atoms with Crippen LogP contribution >= 0.6 is 11.8 Å². The van der Waals surface area contributed by atoms with Crippen LogP contribution in [0.15, 0.2) is 24.3 Å². The maximum Gasteiger partial charge on any atom is 0.261 e. The minimum absolute atomic E-state index is 0.00517. The number of carbonyl (C=O) groups is 1. The molecule has 25 heavy (non-hydrogen) atoms. The number of amides is 1. The van der Waals surface area contributed by atoms with Crippen LogP contribution in [0.3, 0.4) is 0 Å². The van der Waals surface area contributed by atoms with Gasteiger partial charge in [0.25, 0.3) is 5.91 Å². The molecule has 1 aliphatic carbocycles. The van der Waals surface area contributed by atoms with Crippen LogP contribution in [0.1, 0.15) is 65.4 Å². The minimum Gasteiger partial charge on any atom is -0.481 e. The van der Waals surface area contributed by atoms with E-state index in [9.17, 15) is 4.79 Å².